The van der Waals surface area contributed by atoms with Gasteiger partial charge in [-0.25, -0.2) is 9.97 Å². The lowest BCUT2D eigenvalue weighted by Crippen LogP contribution is -2.24. The number of esters is 1. The van der Waals surface area contributed by atoms with Crippen LogP contribution in [0.25, 0.3) is 52.9 Å². The number of hydrogen-bond donors (Lipinski definition) is 0. The Balaban J connectivity index is 0.966. The molecular weight excluding hydrogens is 617 g/mol. The van der Waals surface area contributed by atoms with Crippen molar-refractivity contribution in [2.75, 3.05) is 5.75 Å². The molecule has 9 nitrogen and oxygen atoms in total. The van der Waals surface area contributed by atoms with Crippen molar-refractivity contribution < 1.29 is 22.1 Å². The summed E-state index contributed by atoms with van der Waals surface area (Å²) in [7, 11) is -4.30. The van der Waals surface area contributed by atoms with E-state index in [-0.39, 0.29) is 11.5 Å². The molecule has 0 unspecified atom stereocenters. The van der Waals surface area contributed by atoms with E-state index in [0.29, 0.717) is 17.0 Å². The maximum absolute atomic E-state index is 12.8. The van der Waals surface area contributed by atoms with Crippen LogP contribution in [0.4, 0.5) is 0 Å². The Morgan fingerprint density at radius 3 is 1.80 bits per heavy atom. The van der Waals surface area contributed by atoms with Crippen LogP contribution in [0, 0.1) is 0 Å². The quantitative estimate of drug-likeness (QED) is 0.105. The van der Waals surface area contributed by atoms with Crippen molar-refractivity contribution in [1.82, 2.24) is 18.8 Å². The summed E-state index contributed by atoms with van der Waals surface area (Å²) < 4.78 is 42.6. The molecule has 0 radical (unpaired) electrons. The molecule has 12 heteroatoms. The molecule has 4 heterocycles. The molecule has 0 aliphatic carbocycles. The first kappa shape index (κ1) is 26.6. The minimum Gasteiger partial charge on any atom is -0.426 e. The summed E-state index contributed by atoms with van der Waals surface area (Å²) >= 11 is 3.15. The Bertz CT molecular complexity index is 2490. The lowest BCUT2D eigenvalue weighted by molar-refractivity contribution is -0.131. The van der Waals surface area contributed by atoms with Crippen molar-refractivity contribution in [3.8, 4) is 34.0 Å². The van der Waals surface area contributed by atoms with E-state index < -0.39 is 21.8 Å². The van der Waals surface area contributed by atoms with Crippen LogP contribution in [0.2, 0.25) is 0 Å². The Hall–Kier alpha value is -5.04. The van der Waals surface area contributed by atoms with Gasteiger partial charge in [-0.05, 0) is 48.5 Å². The van der Waals surface area contributed by atoms with Gasteiger partial charge in [-0.3, -0.25) is 13.6 Å². The SMILES string of the molecule is O=C(CS(=O)(=O)Oc1cccc(-c2cn3c(n2)sc2ccccc23)c1)Oc1cccc(-c2cn3c(n2)sc2ccccc23)c1. The van der Waals surface area contributed by atoms with Gasteiger partial charge in [-0.2, -0.15) is 8.42 Å². The fraction of sp³-hybridized carbons (Fsp3) is 0.0312. The van der Waals surface area contributed by atoms with Crippen molar-refractivity contribution in [3.63, 3.8) is 0 Å². The number of benzene rings is 4. The highest BCUT2D eigenvalue weighted by atomic mass is 32.2. The minimum atomic E-state index is -4.30. The first-order chi connectivity index (χ1) is 21.4. The molecular formula is C32H20N4O5S3. The summed E-state index contributed by atoms with van der Waals surface area (Å²) in [5.41, 5.74) is 4.91. The number of hydrogen-bond acceptors (Lipinski definition) is 9. The van der Waals surface area contributed by atoms with E-state index in [1.165, 1.54) is 6.07 Å². The van der Waals surface area contributed by atoms with Crippen LogP contribution < -0.4 is 8.92 Å². The molecule has 0 amide bonds. The molecule has 0 aliphatic heterocycles. The third-order valence-corrected chi connectivity index (χ3v) is 10.1. The zero-order chi connectivity index (χ0) is 29.8. The van der Waals surface area contributed by atoms with Crippen LogP contribution in [0.3, 0.4) is 0 Å². The third-order valence-electron chi connectivity index (χ3n) is 7.01. The second kappa shape index (κ2) is 10.3. The van der Waals surface area contributed by atoms with Crippen molar-refractivity contribution in [2.24, 2.45) is 0 Å². The van der Waals surface area contributed by atoms with Gasteiger partial charge in [0.15, 0.2) is 15.7 Å². The predicted molar refractivity (Wildman–Crippen MR) is 172 cm³/mol. The lowest BCUT2D eigenvalue weighted by Gasteiger charge is -2.09. The van der Waals surface area contributed by atoms with Gasteiger partial charge in [0.1, 0.15) is 11.5 Å². The highest BCUT2D eigenvalue weighted by Gasteiger charge is 2.22. The molecule has 0 bridgehead atoms. The summed E-state index contributed by atoms with van der Waals surface area (Å²) in [6, 6.07) is 29.5. The van der Waals surface area contributed by atoms with Gasteiger partial charge in [0.2, 0.25) is 0 Å². The molecule has 0 N–H and O–H groups in total. The Labute approximate surface area is 258 Å². The molecule has 0 fully saturated rings. The van der Waals surface area contributed by atoms with Gasteiger partial charge >= 0.3 is 16.1 Å². The van der Waals surface area contributed by atoms with Crippen LogP contribution in [0.1, 0.15) is 0 Å². The summed E-state index contributed by atoms with van der Waals surface area (Å²) in [4.78, 5) is 23.8. The number of fused-ring (bicyclic) bond motifs is 6. The highest BCUT2D eigenvalue weighted by molar-refractivity contribution is 7.87. The standard InChI is InChI=1S/C32H20N4O5S3/c37-30(40-22-9-5-7-20(15-22)24-17-35-26-11-1-3-13-28(26)42-31(35)33-24)19-44(38,39)41-23-10-6-8-21(16-23)25-18-36-27-12-2-4-14-29(27)43-32(36)34-25/h1-18H,19H2. The molecule has 0 saturated heterocycles. The van der Waals surface area contributed by atoms with Gasteiger partial charge in [-0.1, -0.05) is 71.2 Å². The lowest BCUT2D eigenvalue weighted by atomic mass is 10.1. The normalized spacial score (nSPS) is 12.0. The predicted octanol–water partition coefficient (Wildman–Crippen LogP) is 7.06. The van der Waals surface area contributed by atoms with Gasteiger partial charge in [-0.15, -0.1) is 0 Å². The van der Waals surface area contributed by atoms with Gasteiger partial charge in [0.25, 0.3) is 0 Å². The van der Waals surface area contributed by atoms with Gasteiger partial charge in [0, 0.05) is 23.5 Å². The van der Waals surface area contributed by atoms with E-state index in [2.05, 4.69) is 0 Å². The molecule has 0 atom stereocenters. The van der Waals surface area contributed by atoms with E-state index in [4.69, 9.17) is 18.9 Å². The van der Waals surface area contributed by atoms with Crippen molar-refractivity contribution in [1.29, 1.82) is 0 Å². The Kier molecular flexibility index (Phi) is 6.22. The Morgan fingerprint density at radius 1 is 0.682 bits per heavy atom. The monoisotopic (exact) mass is 636 g/mol. The second-order valence-electron chi connectivity index (χ2n) is 10.0. The third kappa shape index (κ3) is 4.88. The zero-order valence-corrected chi connectivity index (χ0v) is 25.1. The van der Waals surface area contributed by atoms with Crippen molar-refractivity contribution >= 4 is 69.1 Å². The van der Waals surface area contributed by atoms with Crippen molar-refractivity contribution in [3.05, 3.63) is 109 Å². The number of aromatic nitrogens is 4. The van der Waals surface area contributed by atoms with E-state index in [1.807, 2.05) is 81.9 Å². The molecule has 216 valence electrons. The van der Waals surface area contributed by atoms with Gasteiger partial charge in [0.05, 0.1) is 31.8 Å². The van der Waals surface area contributed by atoms with Crippen LogP contribution in [-0.2, 0) is 14.9 Å². The van der Waals surface area contributed by atoms with Crippen LogP contribution in [0.5, 0.6) is 11.5 Å². The number of ether oxygens (including phenoxy) is 1. The molecule has 4 aromatic heterocycles. The molecule has 8 rings (SSSR count). The summed E-state index contributed by atoms with van der Waals surface area (Å²) in [6.07, 6.45) is 3.83. The second-order valence-corrected chi connectivity index (χ2v) is 13.6. The van der Waals surface area contributed by atoms with Crippen molar-refractivity contribution in [2.45, 2.75) is 0 Å². The number of thiazole rings is 2. The number of para-hydroxylation sites is 2. The van der Waals surface area contributed by atoms with Crippen LogP contribution >= 0.6 is 22.7 Å². The average molecular weight is 637 g/mol. The number of carbonyl (C=O) groups is 1. The fourth-order valence-electron chi connectivity index (χ4n) is 5.08. The molecule has 8 aromatic rings. The van der Waals surface area contributed by atoms with Crippen LogP contribution in [-0.4, -0.2) is 38.9 Å². The fourth-order valence-corrected chi connectivity index (χ4v) is 7.90. The molecule has 44 heavy (non-hydrogen) atoms. The molecule has 4 aromatic carbocycles. The molecule has 0 spiro atoms. The molecule has 0 aliphatic rings. The largest absolute Gasteiger partial charge is 0.426 e. The van der Waals surface area contributed by atoms with Gasteiger partial charge < -0.3 is 8.92 Å². The van der Waals surface area contributed by atoms with E-state index in [1.54, 1.807) is 53.0 Å². The maximum atomic E-state index is 12.8. The number of carbonyl (C=O) groups excluding carboxylic acids is 1. The van der Waals surface area contributed by atoms with E-state index >= 15 is 0 Å². The first-order valence-electron chi connectivity index (χ1n) is 13.5. The zero-order valence-electron chi connectivity index (χ0n) is 22.7. The summed E-state index contributed by atoms with van der Waals surface area (Å²) in [5.74, 6) is -1.64. The molecule has 0 saturated carbocycles. The number of rotatable bonds is 7. The summed E-state index contributed by atoms with van der Waals surface area (Å²) in [6.45, 7) is 0. The maximum Gasteiger partial charge on any atom is 0.330 e. The minimum absolute atomic E-state index is 0.0748. The topological polar surface area (TPSA) is 104 Å². The number of imidazole rings is 2. The number of nitrogens with zero attached hydrogens (tertiary/aromatic N) is 4. The van der Waals surface area contributed by atoms with E-state index in [9.17, 15) is 13.2 Å². The Morgan fingerprint density at radius 2 is 1.20 bits per heavy atom. The highest BCUT2D eigenvalue weighted by Crippen LogP contribution is 2.32. The average Bonchev–Trinajstić information content (AvgIpc) is 3.76. The summed E-state index contributed by atoms with van der Waals surface area (Å²) in [5, 5.41) is 0. The first-order valence-corrected chi connectivity index (χ1v) is 16.7. The smallest absolute Gasteiger partial charge is 0.330 e. The van der Waals surface area contributed by atoms with Crippen LogP contribution in [0.15, 0.2) is 109 Å². The van der Waals surface area contributed by atoms with E-state index in [0.717, 1.165) is 35.9 Å².